The summed E-state index contributed by atoms with van der Waals surface area (Å²) in [4.78, 5) is 0. The van der Waals surface area contributed by atoms with Crippen LogP contribution in [0.5, 0.6) is 0 Å². The molecule has 1 saturated heterocycles. The van der Waals surface area contributed by atoms with Crippen LogP contribution in [0, 0.1) is 0 Å². The molecule has 1 aliphatic heterocycles. The first kappa shape index (κ1) is 3.12. The first-order valence-electron chi connectivity index (χ1n) is 1.75. The van der Waals surface area contributed by atoms with E-state index in [4.69, 9.17) is 5.73 Å². The lowest BCUT2D eigenvalue weighted by molar-refractivity contribution is 0.741. The average Bonchev–Trinajstić information content (AvgIpc) is 1.76. The molecule has 0 aromatic heterocycles. The van der Waals surface area contributed by atoms with Crippen molar-refractivity contribution in [2.75, 3.05) is 6.54 Å². The minimum atomic E-state index is 0. The quantitative estimate of drug-likeness (QED) is 0.370. The number of nitrogens with one attached hydrogen (secondary N) is 1. The van der Waals surface area contributed by atoms with Crippen molar-refractivity contribution >= 4 is 0 Å². The van der Waals surface area contributed by atoms with Crippen LogP contribution < -0.4 is 11.1 Å². The van der Waals surface area contributed by atoms with Gasteiger partial charge in [-0.2, -0.15) is 0 Å². The van der Waals surface area contributed by atoms with Crippen molar-refractivity contribution < 1.29 is 0 Å². The maximum atomic E-state index is 5.35. The highest BCUT2D eigenvalue weighted by Crippen LogP contribution is 2.02. The van der Waals surface area contributed by atoms with Crippen LogP contribution >= 0.6 is 0 Å². The monoisotopic (exact) mass is 72.1 g/mol. The van der Waals surface area contributed by atoms with E-state index in [1.807, 2.05) is 6.92 Å². The second-order valence-corrected chi connectivity index (χ2v) is 1.77. The number of nitrogens with two attached hydrogens (primary N) is 1. The highest BCUT2D eigenvalue weighted by Gasteiger charge is 2.30. The van der Waals surface area contributed by atoms with Gasteiger partial charge >= 0.3 is 0 Å². The van der Waals surface area contributed by atoms with E-state index in [-0.39, 0.29) is 5.66 Å². The molecular weight excluding hydrogens is 64.0 g/mol. The van der Waals surface area contributed by atoms with Gasteiger partial charge in [0.25, 0.3) is 0 Å². The third-order valence-electron chi connectivity index (χ3n) is 0.734. The van der Waals surface area contributed by atoms with Gasteiger partial charge in [-0.3, -0.25) is 5.32 Å². The average molecular weight is 72.1 g/mol. The molecule has 5 heavy (non-hydrogen) atoms. The van der Waals surface area contributed by atoms with Gasteiger partial charge in [0.1, 0.15) is 0 Å². The van der Waals surface area contributed by atoms with Crippen LogP contribution in [0.3, 0.4) is 0 Å². The van der Waals surface area contributed by atoms with E-state index < -0.39 is 0 Å². The number of hydrogen-bond donors (Lipinski definition) is 2. The molecule has 0 amide bonds. The molecule has 0 radical (unpaired) electrons. The molecule has 3 N–H and O–H groups in total. The fraction of sp³-hybridized carbons (Fsp3) is 1.00. The standard InChI is InChI=1S/C3H8N2/c1-3(4)2-5-3/h5H,2,4H2,1H3. The van der Waals surface area contributed by atoms with E-state index in [0.717, 1.165) is 6.54 Å². The van der Waals surface area contributed by atoms with Gasteiger partial charge < -0.3 is 5.73 Å². The van der Waals surface area contributed by atoms with E-state index in [9.17, 15) is 0 Å². The molecule has 2 heteroatoms. The molecule has 0 aliphatic carbocycles. The van der Waals surface area contributed by atoms with E-state index >= 15 is 0 Å². The van der Waals surface area contributed by atoms with Crippen LogP contribution in [-0.2, 0) is 0 Å². The van der Waals surface area contributed by atoms with Gasteiger partial charge in [0.2, 0.25) is 0 Å². The molecule has 0 spiro atoms. The van der Waals surface area contributed by atoms with Crippen LogP contribution in [0.15, 0.2) is 0 Å². The van der Waals surface area contributed by atoms with Crippen LogP contribution in [0.4, 0.5) is 0 Å². The largest absolute Gasteiger partial charge is 0.312 e. The van der Waals surface area contributed by atoms with Gasteiger partial charge in [-0.1, -0.05) is 0 Å². The van der Waals surface area contributed by atoms with E-state index in [1.165, 1.54) is 0 Å². The van der Waals surface area contributed by atoms with E-state index in [0.29, 0.717) is 0 Å². The Morgan fingerprint density at radius 2 is 2.20 bits per heavy atom. The summed E-state index contributed by atoms with van der Waals surface area (Å²) in [6, 6.07) is 0. The molecule has 1 unspecified atom stereocenters. The second-order valence-electron chi connectivity index (χ2n) is 1.77. The summed E-state index contributed by atoms with van der Waals surface area (Å²) < 4.78 is 0. The van der Waals surface area contributed by atoms with E-state index in [1.54, 1.807) is 0 Å². The van der Waals surface area contributed by atoms with Gasteiger partial charge in [0.15, 0.2) is 0 Å². The summed E-state index contributed by atoms with van der Waals surface area (Å²) >= 11 is 0. The maximum Gasteiger partial charge on any atom is 0.0762 e. The molecule has 1 rings (SSSR count). The molecule has 0 aromatic carbocycles. The molecule has 1 fully saturated rings. The Bertz CT molecular complexity index is 42.9. The van der Waals surface area contributed by atoms with Crippen LogP contribution in [0.1, 0.15) is 6.92 Å². The molecule has 0 bridgehead atoms. The Kier molecular flexibility index (Phi) is 0.333. The van der Waals surface area contributed by atoms with Gasteiger partial charge in [0.05, 0.1) is 5.66 Å². The Labute approximate surface area is 31.4 Å². The molecule has 30 valence electrons. The van der Waals surface area contributed by atoms with Crippen molar-refractivity contribution in [1.29, 1.82) is 0 Å². The Morgan fingerprint density at radius 3 is 2.20 bits per heavy atom. The highest BCUT2D eigenvalue weighted by atomic mass is 15.3. The molecule has 1 aliphatic rings. The fourth-order valence-electron chi connectivity index (χ4n) is 0.139. The first-order valence-corrected chi connectivity index (χ1v) is 1.75. The summed E-state index contributed by atoms with van der Waals surface area (Å²) in [6.45, 7) is 2.94. The van der Waals surface area contributed by atoms with Crippen molar-refractivity contribution in [3.63, 3.8) is 0 Å². The van der Waals surface area contributed by atoms with Crippen molar-refractivity contribution in [3.05, 3.63) is 0 Å². The Morgan fingerprint density at radius 1 is 2.00 bits per heavy atom. The molecular formula is C3H8N2. The second kappa shape index (κ2) is 0.533. The van der Waals surface area contributed by atoms with Crippen LogP contribution in [0.2, 0.25) is 0 Å². The van der Waals surface area contributed by atoms with E-state index in [2.05, 4.69) is 5.32 Å². The SMILES string of the molecule is CC1(N)CN1. The summed E-state index contributed by atoms with van der Waals surface area (Å²) in [5.41, 5.74) is 5.35. The number of hydrogen-bond acceptors (Lipinski definition) is 2. The van der Waals surface area contributed by atoms with Gasteiger partial charge in [-0.25, -0.2) is 0 Å². The molecule has 1 atom stereocenters. The fourth-order valence-corrected chi connectivity index (χ4v) is 0.139. The smallest absolute Gasteiger partial charge is 0.0762 e. The van der Waals surface area contributed by atoms with Crippen LogP contribution in [-0.4, -0.2) is 12.2 Å². The third-order valence-corrected chi connectivity index (χ3v) is 0.734. The summed E-state index contributed by atoms with van der Waals surface area (Å²) in [5, 5.41) is 2.95. The van der Waals surface area contributed by atoms with Gasteiger partial charge in [0, 0.05) is 6.54 Å². The van der Waals surface area contributed by atoms with Crippen molar-refractivity contribution in [2.24, 2.45) is 5.73 Å². The molecule has 0 saturated carbocycles. The lowest BCUT2D eigenvalue weighted by Crippen LogP contribution is -2.21. The Balaban J connectivity index is 2.38. The van der Waals surface area contributed by atoms with Crippen molar-refractivity contribution in [3.8, 4) is 0 Å². The molecule has 1 heterocycles. The summed E-state index contributed by atoms with van der Waals surface area (Å²) in [5.74, 6) is 0. The number of rotatable bonds is 0. The lowest BCUT2D eigenvalue weighted by atomic mass is 10.4. The molecule has 2 nitrogen and oxygen atoms in total. The normalized spacial score (nSPS) is 49.2. The van der Waals surface area contributed by atoms with Crippen LogP contribution in [0.25, 0.3) is 0 Å². The maximum absolute atomic E-state index is 5.35. The minimum Gasteiger partial charge on any atom is -0.312 e. The minimum absolute atomic E-state index is 0. The zero-order valence-corrected chi connectivity index (χ0v) is 3.28. The Hall–Kier alpha value is -0.0800. The zero-order valence-electron chi connectivity index (χ0n) is 3.28. The predicted molar refractivity (Wildman–Crippen MR) is 20.6 cm³/mol. The lowest BCUT2D eigenvalue weighted by Gasteiger charge is -1.86. The van der Waals surface area contributed by atoms with Gasteiger partial charge in [-0.15, -0.1) is 0 Å². The predicted octanol–water partition coefficient (Wildman–Crippen LogP) is -0.736. The zero-order chi connectivity index (χ0) is 3.91. The van der Waals surface area contributed by atoms with Crippen molar-refractivity contribution in [1.82, 2.24) is 5.32 Å². The first-order chi connectivity index (χ1) is 2.21. The summed E-state index contributed by atoms with van der Waals surface area (Å²) in [6.07, 6.45) is 0. The summed E-state index contributed by atoms with van der Waals surface area (Å²) in [7, 11) is 0. The third kappa shape index (κ3) is 0.597. The van der Waals surface area contributed by atoms with Crippen molar-refractivity contribution in [2.45, 2.75) is 12.6 Å². The molecule has 0 aromatic rings. The topological polar surface area (TPSA) is 48.0 Å². The highest BCUT2D eigenvalue weighted by molar-refractivity contribution is 4.92. The van der Waals surface area contributed by atoms with Gasteiger partial charge in [-0.05, 0) is 6.92 Å².